The number of fused-ring (bicyclic) bond motifs is 1. The molecule has 4 rings (SSSR count). The molecule has 2 aromatic heterocycles. The van der Waals surface area contributed by atoms with Crippen LogP contribution >= 0.6 is 0 Å². The van der Waals surface area contributed by atoms with E-state index in [-0.39, 0.29) is 12.4 Å². The van der Waals surface area contributed by atoms with Crippen molar-refractivity contribution in [3.05, 3.63) is 36.0 Å². The van der Waals surface area contributed by atoms with Crippen LogP contribution in [0.1, 0.15) is 39.0 Å². The second-order valence-corrected chi connectivity index (χ2v) is 6.99. The Balaban J connectivity index is 1.69. The van der Waals surface area contributed by atoms with Gasteiger partial charge in [0.25, 0.3) is 6.01 Å². The molecule has 7 heteroatoms. The number of ether oxygens (including phenoxy) is 3. The lowest BCUT2D eigenvalue weighted by molar-refractivity contribution is -0.0443. The number of nitrogens with zero attached hydrogens (tertiary/aromatic N) is 2. The number of rotatable bonds is 7. The van der Waals surface area contributed by atoms with E-state index in [1.165, 1.54) is 0 Å². The second kappa shape index (κ2) is 8.16. The summed E-state index contributed by atoms with van der Waals surface area (Å²) in [5.41, 5.74) is 4.02. The highest BCUT2D eigenvalue weighted by molar-refractivity contribution is 5.86. The number of anilines is 1. The van der Waals surface area contributed by atoms with Gasteiger partial charge in [-0.05, 0) is 38.5 Å². The topological polar surface area (TPSA) is 78.6 Å². The lowest BCUT2D eigenvalue weighted by Crippen LogP contribution is -2.06. The van der Waals surface area contributed by atoms with E-state index >= 15 is 0 Å². The molecule has 1 saturated heterocycles. The first-order valence-corrected chi connectivity index (χ1v) is 9.68. The van der Waals surface area contributed by atoms with Gasteiger partial charge >= 0.3 is 0 Å². The van der Waals surface area contributed by atoms with E-state index in [9.17, 15) is 0 Å². The fourth-order valence-electron chi connectivity index (χ4n) is 3.07. The highest BCUT2D eigenvalue weighted by atomic mass is 16.7. The first-order chi connectivity index (χ1) is 13.6. The predicted octanol–water partition coefficient (Wildman–Crippen LogP) is 4.54. The Morgan fingerprint density at radius 2 is 2.04 bits per heavy atom. The molecule has 0 atom stereocenters. The SMILES string of the molecule is CCCNc1nc2cc(-c3ccc(C4OCCO4)cn3)cc(OC(C)C)c2o1. The molecule has 148 valence electrons. The van der Waals surface area contributed by atoms with Crippen LogP contribution in [0, 0.1) is 0 Å². The van der Waals surface area contributed by atoms with Gasteiger partial charge in [0.15, 0.2) is 17.6 Å². The van der Waals surface area contributed by atoms with Crippen LogP contribution in [0.15, 0.2) is 34.9 Å². The molecule has 1 fully saturated rings. The molecule has 1 N–H and O–H groups in total. The zero-order chi connectivity index (χ0) is 19.5. The number of hydrogen-bond acceptors (Lipinski definition) is 7. The fraction of sp³-hybridized carbons (Fsp3) is 0.429. The van der Waals surface area contributed by atoms with Crippen molar-refractivity contribution in [3.63, 3.8) is 0 Å². The third-order valence-electron chi connectivity index (χ3n) is 4.32. The number of benzene rings is 1. The molecular weight excluding hydrogens is 358 g/mol. The van der Waals surface area contributed by atoms with Gasteiger partial charge in [-0.15, -0.1) is 0 Å². The quantitative estimate of drug-likeness (QED) is 0.641. The van der Waals surface area contributed by atoms with Crippen molar-refractivity contribution >= 4 is 17.1 Å². The zero-order valence-corrected chi connectivity index (χ0v) is 16.4. The van der Waals surface area contributed by atoms with Crippen LogP contribution in [0.5, 0.6) is 5.75 Å². The number of aromatic nitrogens is 2. The Kier molecular flexibility index (Phi) is 5.45. The summed E-state index contributed by atoms with van der Waals surface area (Å²) in [6.07, 6.45) is 2.47. The summed E-state index contributed by atoms with van der Waals surface area (Å²) in [7, 11) is 0. The molecule has 0 spiro atoms. The van der Waals surface area contributed by atoms with Crippen molar-refractivity contribution in [3.8, 4) is 17.0 Å². The summed E-state index contributed by atoms with van der Waals surface area (Å²) in [5.74, 6) is 0.660. The van der Waals surface area contributed by atoms with E-state index < -0.39 is 0 Å². The average Bonchev–Trinajstić information content (AvgIpc) is 3.36. The Hall–Kier alpha value is -2.64. The molecular formula is C21H25N3O4. The van der Waals surface area contributed by atoms with Gasteiger partial charge < -0.3 is 23.9 Å². The summed E-state index contributed by atoms with van der Waals surface area (Å²) in [6.45, 7) is 8.09. The minimum Gasteiger partial charge on any atom is -0.487 e. The first-order valence-electron chi connectivity index (χ1n) is 9.68. The van der Waals surface area contributed by atoms with Crippen LogP contribution in [-0.4, -0.2) is 35.8 Å². The van der Waals surface area contributed by atoms with Crippen LogP contribution in [0.4, 0.5) is 6.01 Å². The third kappa shape index (κ3) is 3.95. The molecule has 0 amide bonds. The molecule has 1 aromatic carbocycles. The van der Waals surface area contributed by atoms with Crippen molar-refractivity contribution in [2.24, 2.45) is 0 Å². The summed E-state index contributed by atoms with van der Waals surface area (Å²) in [6, 6.07) is 8.34. The minimum absolute atomic E-state index is 0.0163. The van der Waals surface area contributed by atoms with Gasteiger partial charge in [0, 0.05) is 23.9 Å². The molecule has 0 radical (unpaired) electrons. The average molecular weight is 383 g/mol. The largest absolute Gasteiger partial charge is 0.487 e. The Bertz CT molecular complexity index is 931. The lowest BCUT2D eigenvalue weighted by Gasteiger charge is -2.12. The lowest BCUT2D eigenvalue weighted by atomic mass is 10.1. The monoisotopic (exact) mass is 383 g/mol. The van der Waals surface area contributed by atoms with E-state index in [1.807, 2.05) is 38.1 Å². The van der Waals surface area contributed by atoms with Gasteiger partial charge in [-0.25, -0.2) is 0 Å². The molecule has 28 heavy (non-hydrogen) atoms. The van der Waals surface area contributed by atoms with Crippen molar-refractivity contribution in [2.45, 2.75) is 39.6 Å². The molecule has 0 aliphatic carbocycles. The Morgan fingerprint density at radius 1 is 1.21 bits per heavy atom. The maximum absolute atomic E-state index is 5.98. The second-order valence-electron chi connectivity index (χ2n) is 6.99. The standard InChI is InChI=1S/C21H25N3O4/c1-4-7-22-21-24-17-10-15(11-18(19(17)28-21)27-13(2)3)16-6-5-14(12-23-16)20-25-8-9-26-20/h5-6,10-13,20H,4,7-9H2,1-3H3,(H,22,24). The molecule has 7 nitrogen and oxygen atoms in total. The van der Waals surface area contributed by atoms with E-state index in [0.29, 0.717) is 30.6 Å². The molecule has 1 aliphatic heterocycles. The molecule has 0 bridgehead atoms. The van der Waals surface area contributed by atoms with Crippen LogP contribution in [0.2, 0.25) is 0 Å². The highest BCUT2D eigenvalue weighted by Gasteiger charge is 2.19. The van der Waals surface area contributed by atoms with Crippen LogP contribution in [-0.2, 0) is 9.47 Å². The Morgan fingerprint density at radius 3 is 2.71 bits per heavy atom. The Labute approximate surface area is 164 Å². The number of nitrogens with one attached hydrogen (secondary N) is 1. The molecule has 0 unspecified atom stereocenters. The molecule has 3 aromatic rings. The van der Waals surface area contributed by atoms with Crippen LogP contribution < -0.4 is 10.1 Å². The molecule has 0 saturated carbocycles. The summed E-state index contributed by atoms with van der Waals surface area (Å²) in [4.78, 5) is 9.15. The number of pyridine rings is 1. The number of hydrogen-bond donors (Lipinski definition) is 1. The van der Waals surface area contributed by atoms with Gasteiger partial charge in [-0.1, -0.05) is 13.0 Å². The maximum atomic E-state index is 5.98. The third-order valence-corrected chi connectivity index (χ3v) is 4.32. The highest BCUT2D eigenvalue weighted by Crippen LogP contribution is 2.35. The van der Waals surface area contributed by atoms with Gasteiger partial charge in [0.05, 0.1) is 25.0 Å². The van der Waals surface area contributed by atoms with Gasteiger partial charge in [0.2, 0.25) is 0 Å². The maximum Gasteiger partial charge on any atom is 0.295 e. The van der Waals surface area contributed by atoms with Crippen molar-refractivity contribution in [1.29, 1.82) is 0 Å². The first kappa shape index (κ1) is 18.7. The minimum atomic E-state index is -0.327. The van der Waals surface area contributed by atoms with Gasteiger partial charge in [-0.3, -0.25) is 4.98 Å². The van der Waals surface area contributed by atoms with Crippen LogP contribution in [0.3, 0.4) is 0 Å². The summed E-state index contributed by atoms with van der Waals surface area (Å²) >= 11 is 0. The summed E-state index contributed by atoms with van der Waals surface area (Å²) in [5, 5.41) is 3.19. The normalized spacial score (nSPS) is 14.9. The molecule has 3 heterocycles. The van der Waals surface area contributed by atoms with E-state index in [0.717, 1.165) is 35.3 Å². The smallest absolute Gasteiger partial charge is 0.295 e. The predicted molar refractivity (Wildman–Crippen MR) is 106 cm³/mol. The van der Waals surface area contributed by atoms with Gasteiger partial charge in [-0.2, -0.15) is 4.98 Å². The van der Waals surface area contributed by atoms with Crippen molar-refractivity contribution < 1.29 is 18.6 Å². The fourth-order valence-corrected chi connectivity index (χ4v) is 3.07. The summed E-state index contributed by atoms with van der Waals surface area (Å²) < 4.78 is 22.9. The van der Waals surface area contributed by atoms with E-state index in [4.69, 9.17) is 18.6 Å². The van der Waals surface area contributed by atoms with Gasteiger partial charge in [0.1, 0.15) is 5.52 Å². The van der Waals surface area contributed by atoms with E-state index in [2.05, 4.69) is 22.2 Å². The van der Waals surface area contributed by atoms with Crippen LogP contribution in [0.25, 0.3) is 22.4 Å². The van der Waals surface area contributed by atoms with E-state index in [1.54, 1.807) is 6.20 Å². The molecule has 1 aliphatic rings. The van der Waals surface area contributed by atoms with Crippen molar-refractivity contribution in [1.82, 2.24) is 9.97 Å². The number of oxazole rings is 1. The zero-order valence-electron chi connectivity index (χ0n) is 16.4. The van der Waals surface area contributed by atoms with Crippen molar-refractivity contribution in [2.75, 3.05) is 25.1 Å².